The molecule has 4 atom stereocenters. The van der Waals surface area contributed by atoms with E-state index in [4.69, 9.17) is 0 Å². The highest BCUT2D eigenvalue weighted by atomic mass is 16.3. The molecule has 2 aromatic carbocycles. The van der Waals surface area contributed by atoms with Crippen LogP contribution in [0.15, 0.2) is 42.5 Å². The number of unbranched alkanes of at least 4 members (excludes halogenated alkanes) is 1. The molecule has 2 aromatic rings. The number of carbonyl (C=O) groups is 4. The lowest BCUT2D eigenvalue weighted by atomic mass is 9.94. The monoisotopic (exact) mass is 522 g/mol. The van der Waals surface area contributed by atoms with Crippen LogP contribution in [0.1, 0.15) is 57.9 Å². The highest BCUT2D eigenvalue weighted by molar-refractivity contribution is 5.99. The molecule has 0 aliphatic carbocycles. The number of carbonyl (C=O) groups excluding carboxylic acids is 4. The minimum absolute atomic E-state index is 0.0130. The van der Waals surface area contributed by atoms with Crippen molar-refractivity contribution in [3.05, 3.63) is 48.0 Å². The number of benzene rings is 2. The molecule has 0 bridgehead atoms. The van der Waals surface area contributed by atoms with E-state index in [-0.39, 0.29) is 24.8 Å². The van der Waals surface area contributed by atoms with Crippen LogP contribution >= 0.6 is 0 Å². The lowest BCUT2D eigenvalue weighted by molar-refractivity contribution is -0.144. The fourth-order valence-electron chi connectivity index (χ4n) is 5.28. The van der Waals surface area contributed by atoms with Gasteiger partial charge < -0.3 is 26.0 Å². The summed E-state index contributed by atoms with van der Waals surface area (Å²) in [4.78, 5) is 55.6. The lowest BCUT2D eigenvalue weighted by Gasteiger charge is -2.36. The van der Waals surface area contributed by atoms with Crippen molar-refractivity contribution >= 4 is 34.4 Å². The molecular weight excluding hydrogens is 484 g/mol. The zero-order valence-corrected chi connectivity index (χ0v) is 22.2. The first kappa shape index (κ1) is 27.6. The first-order valence-electron chi connectivity index (χ1n) is 13.6. The van der Waals surface area contributed by atoms with Crippen LogP contribution in [0, 0.1) is 0 Å². The summed E-state index contributed by atoms with van der Waals surface area (Å²) in [5.41, 5.74) is -0.386. The van der Waals surface area contributed by atoms with Crippen LogP contribution in [0.25, 0.3) is 10.8 Å². The van der Waals surface area contributed by atoms with Crippen molar-refractivity contribution in [1.29, 1.82) is 0 Å². The molecule has 2 aliphatic rings. The van der Waals surface area contributed by atoms with Crippen molar-refractivity contribution in [3.63, 3.8) is 0 Å². The molecule has 4 N–H and O–H groups in total. The van der Waals surface area contributed by atoms with E-state index in [9.17, 15) is 24.3 Å². The number of nitrogens with one attached hydrogen (secondary N) is 3. The second kappa shape index (κ2) is 11.9. The molecule has 0 saturated carbocycles. The van der Waals surface area contributed by atoms with Crippen LogP contribution in [0.4, 0.5) is 0 Å². The molecule has 2 heterocycles. The predicted octanol–water partition coefficient (Wildman–Crippen LogP) is 1.80. The maximum Gasteiger partial charge on any atom is 0.246 e. The van der Waals surface area contributed by atoms with Gasteiger partial charge in [0.15, 0.2) is 0 Å². The quantitative estimate of drug-likeness (QED) is 0.413. The Bertz CT molecular complexity index is 1200. The third-order valence-electron chi connectivity index (χ3n) is 7.84. The summed E-state index contributed by atoms with van der Waals surface area (Å²) >= 11 is 0. The number of hydrogen-bond acceptors (Lipinski definition) is 5. The smallest absolute Gasteiger partial charge is 0.246 e. The van der Waals surface area contributed by atoms with Gasteiger partial charge in [0.25, 0.3) is 0 Å². The van der Waals surface area contributed by atoms with Crippen LogP contribution in [0.5, 0.6) is 0 Å². The predicted molar refractivity (Wildman–Crippen MR) is 144 cm³/mol. The van der Waals surface area contributed by atoms with E-state index < -0.39 is 35.5 Å². The van der Waals surface area contributed by atoms with Crippen LogP contribution in [-0.4, -0.2) is 70.5 Å². The molecule has 2 fully saturated rings. The van der Waals surface area contributed by atoms with Gasteiger partial charge in [-0.2, -0.15) is 0 Å². The van der Waals surface area contributed by atoms with Crippen molar-refractivity contribution in [2.24, 2.45) is 0 Å². The minimum atomic E-state index is -1.28. The van der Waals surface area contributed by atoms with Gasteiger partial charge in [-0.1, -0.05) is 49.4 Å². The van der Waals surface area contributed by atoms with Crippen molar-refractivity contribution < 1.29 is 24.3 Å². The zero-order valence-electron chi connectivity index (χ0n) is 22.2. The Kier molecular flexibility index (Phi) is 8.66. The summed E-state index contributed by atoms with van der Waals surface area (Å²) in [6.45, 7) is 3.82. The molecule has 9 heteroatoms. The van der Waals surface area contributed by atoms with Gasteiger partial charge in [-0.25, -0.2) is 0 Å². The Morgan fingerprint density at radius 1 is 0.974 bits per heavy atom. The molecule has 4 rings (SSSR count). The summed E-state index contributed by atoms with van der Waals surface area (Å²) < 4.78 is 0. The highest BCUT2D eigenvalue weighted by Gasteiger charge is 2.43. The van der Waals surface area contributed by atoms with Crippen LogP contribution < -0.4 is 16.0 Å². The van der Waals surface area contributed by atoms with E-state index in [1.165, 1.54) is 0 Å². The number of fused-ring (bicyclic) bond motifs is 2. The summed E-state index contributed by atoms with van der Waals surface area (Å²) in [6, 6.07) is 11.4. The van der Waals surface area contributed by atoms with Crippen LogP contribution in [0.3, 0.4) is 0 Å². The number of hydrogen-bond donors (Lipinski definition) is 4. The fourth-order valence-corrected chi connectivity index (χ4v) is 5.28. The van der Waals surface area contributed by atoms with Crippen LogP contribution in [0.2, 0.25) is 0 Å². The number of nitrogens with zero attached hydrogens (tertiary/aromatic N) is 1. The first-order valence-corrected chi connectivity index (χ1v) is 13.6. The third kappa shape index (κ3) is 5.99. The molecule has 0 aromatic heterocycles. The van der Waals surface area contributed by atoms with Gasteiger partial charge >= 0.3 is 0 Å². The average molecular weight is 523 g/mol. The SMILES string of the molecule is CC[C@]1(C)NC(=O)[C@H](CCCCO)NC(=O)[C@H]2CCCN2C(=O)[C@H](Cc2ccc3ccccc3c2)NC1=O. The summed E-state index contributed by atoms with van der Waals surface area (Å²) in [5.74, 6) is -1.55. The summed E-state index contributed by atoms with van der Waals surface area (Å²) in [5, 5.41) is 19.9. The molecule has 0 spiro atoms. The molecule has 204 valence electrons. The number of aliphatic hydroxyl groups is 1. The molecule has 2 aliphatic heterocycles. The van der Waals surface area contributed by atoms with Gasteiger partial charge in [0.1, 0.15) is 23.7 Å². The highest BCUT2D eigenvalue weighted by Crippen LogP contribution is 2.23. The molecule has 0 unspecified atom stereocenters. The molecule has 2 saturated heterocycles. The first-order chi connectivity index (χ1) is 18.3. The standard InChI is InChI=1S/C29H38N4O5/c1-3-29(2)28(38)31-23(18-19-13-14-20-9-4-5-10-21(20)17-19)27(37)33-15-8-12-24(33)26(36)30-22(25(35)32-29)11-6-7-16-34/h4-5,9-10,13-14,17,22-24,34H,3,6-8,11-12,15-16,18H2,1-2H3,(H,30,36)(H,31,38)(H,32,35)/t22-,23-,24+,29-/m0/s1. The molecule has 0 radical (unpaired) electrons. The zero-order chi connectivity index (χ0) is 27.3. The Labute approximate surface area is 223 Å². The topological polar surface area (TPSA) is 128 Å². The average Bonchev–Trinajstić information content (AvgIpc) is 3.41. The maximum atomic E-state index is 13.9. The van der Waals surface area contributed by atoms with E-state index in [2.05, 4.69) is 16.0 Å². The van der Waals surface area contributed by atoms with Gasteiger partial charge in [-0.05, 0) is 61.8 Å². The normalized spacial score (nSPS) is 26.7. The number of rotatable bonds is 7. The van der Waals surface area contributed by atoms with Crippen molar-refractivity contribution in [2.75, 3.05) is 13.2 Å². The van der Waals surface area contributed by atoms with Gasteiger partial charge in [0, 0.05) is 19.6 Å². The van der Waals surface area contributed by atoms with Crippen molar-refractivity contribution in [2.45, 2.75) is 82.5 Å². The van der Waals surface area contributed by atoms with E-state index >= 15 is 0 Å². The van der Waals surface area contributed by atoms with Crippen molar-refractivity contribution in [3.8, 4) is 0 Å². The number of aliphatic hydroxyl groups excluding tert-OH is 1. The molecular formula is C29H38N4O5. The molecule has 4 amide bonds. The van der Waals surface area contributed by atoms with Gasteiger partial charge in [0.2, 0.25) is 23.6 Å². The second-order valence-electron chi connectivity index (χ2n) is 10.6. The van der Waals surface area contributed by atoms with E-state index in [1.54, 1.807) is 18.7 Å². The van der Waals surface area contributed by atoms with E-state index in [1.807, 2.05) is 42.5 Å². The number of amides is 4. The largest absolute Gasteiger partial charge is 0.396 e. The molecule has 9 nitrogen and oxygen atoms in total. The maximum absolute atomic E-state index is 13.9. The Hall–Kier alpha value is -3.46. The minimum Gasteiger partial charge on any atom is -0.396 e. The Morgan fingerprint density at radius 2 is 1.74 bits per heavy atom. The Morgan fingerprint density at radius 3 is 2.47 bits per heavy atom. The van der Waals surface area contributed by atoms with Gasteiger partial charge in [-0.3, -0.25) is 19.2 Å². The lowest BCUT2D eigenvalue weighted by Crippen LogP contribution is -2.65. The Balaban J connectivity index is 1.66. The van der Waals surface area contributed by atoms with Crippen molar-refractivity contribution in [1.82, 2.24) is 20.9 Å². The van der Waals surface area contributed by atoms with Crippen LogP contribution in [-0.2, 0) is 25.6 Å². The second-order valence-corrected chi connectivity index (χ2v) is 10.6. The third-order valence-corrected chi connectivity index (χ3v) is 7.84. The van der Waals surface area contributed by atoms with Gasteiger partial charge in [0.05, 0.1) is 0 Å². The van der Waals surface area contributed by atoms with E-state index in [0.29, 0.717) is 45.1 Å². The fraction of sp³-hybridized carbons (Fsp3) is 0.517. The molecule has 38 heavy (non-hydrogen) atoms. The summed E-state index contributed by atoms with van der Waals surface area (Å²) in [7, 11) is 0. The summed E-state index contributed by atoms with van der Waals surface area (Å²) in [6.07, 6.45) is 3.06. The van der Waals surface area contributed by atoms with E-state index in [0.717, 1.165) is 16.3 Å². The van der Waals surface area contributed by atoms with Gasteiger partial charge in [-0.15, -0.1) is 0 Å².